The highest BCUT2D eigenvalue weighted by molar-refractivity contribution is 5.87. The van der Waals surface area contributed by atoms with E-state index in [0.717, 1.165) is 22.3 Å². The topological polar surface area (TPSA) is 95.9 Å². The Morgan fingerprint density at radius 1 is 1.07 bits per heavy atom. The van der Waals surface area contributed by atoms with Crippen LogP contribution in [0.5, 0.6) is 0 Å². The number of likely N-dealkylation sites (tertiary alicyclic amines) is 1. The molecule has 2 aromatic carbocycles. The molecule has 29 heavy (non-hydrogen) atoms. The zero-order valence-corrected chi connectivity index (χ0v) is 15.8. The van der Waals surface area contributed by atoms with Crippen LogP contribution in [0, 0.1) is 0 Å². The summed E-state index contributed by atoms with van der Waals surface area (Å²) in [5.74, 6) is -1.26. The van der Waals surface area contributed by atoms with Crippen LogP contribution in [-0.2, 0) is 14.3 Å². The van der Waals surface area contributed by atoms with Gasteiger partial charge < -0.3 is 20.1 Å². The van der Waals surface area contributed by atoms with Crippen molar-refractivity contribution >= 4 is 18.0 Å². The molecule has 4 rings (SSSR count). The highest BCUT2D eigenvalue weighted by Gasteiger charge is 2.34. The quantitative estimate of drug-likeness (QED) is 0.785. The Morgan fingerprint density at radius 3 is 2.31 bits per heavy atom. The van der Waals surface area contributed by atoms with Crippen molar-refractivity contribution in [2.45, 2.75) is 24.8 Å². The number of fused-ring (bicyclic) bond motifs is 3. The van der Waals surface area contributed by atoms with E-state index in [2.05, 4.69) is 17.4 Å². The third kappa shape index (κ3) is 3.81. The largest absolute Gasteiger partial charge is 0.481 e. The summed E-state index contributed by atoms with van der Waals surface area (Å²) in [6.07, 6.45) is -0.295. The summed E-state index contributed by atoms with van der Waals surface area (Å²) in [5.41, 5.74) is 4.55. The molecule has 0 aromatic heterocycles. The van der Waals surface area contributed by atoms with Crippen LogP contribution in [0.25, 0.3) is 11.1 Å². The average Bonchev–Trinajstić information content (AvgIpc) is 3.23. The van der Waals surface area contributed by atoms with Crippen LogP contribution in [0.1, 0.15) is 29.9 Å². The van der Waals surface area contributed by atoms with Gasteiger partial charge in [-0.3, -0.25) is 9.59 Å². The first-order valence-corrected chi connectivity index (χ1v) is 9.66. The molecule has 2 aromatic rings. The maximum Gasteiger partial charge on any atom is 0.407 e. The molecular weight excluding hydrogens is 372 g/mol. The molecular formula is C22H22N2O5. The monoisotopic (exact) mass is 394 g/mol. The predicted octanol–water partition coefficient (Wildman–Crippen LogP) is 2.60. The molecule has 1 unspecified atom stereocenters. The van der Waals surface area contributed by atoms with E-state index in [4.69, 9.17) is 9.84 Å². The van der Waals surface area contributed by atoms with Crippen LogP contribution in [-0.4, -0.2) is 53.7 Å². The Morgan fingerprint density at radius 2 is 1.69 bits per heavy atom. The van der Waals surface area contributed by atoms with Gasteiger partial charge in [-0.05, 0) is 28.7 Å². The first-order valence-electron chi connectivity index (χ1n) is 9.66. The van der Waals surface area contributed by atoms with Crippen LogP contribution < -0.4 is 5.32 Å². The van der Waals surface area contributed by atoms with Gasteiger partial charge in [-0.25, -0.2) is 4.79 Å². The Hall–Kier alpha value is -3.35. The molecule has 1 aliphatic heterocycles. The molecule has 1 atom stereocenters. The summed E-state index contributed by atoms with van der Waals surface area (Å²) in [6, 6.07) is 15.5. The number of amides is 2. The second-order valence-corrected chi connectivity index (χ2v) is 7.28. The molecule has 0 bridgehead atoms. The molecule has 1 fully saturated rings. The SMILES string of the molecule is O=C(O)CCN1CCC(NC(=O)OCC2c3ccccc3-c3ccccc32)C1=O. The normalized spacial score (nSPS) is 17.7. The fraction of sp³-hybridized carbons (Fsp3) is 0.318. The smallest absolute Gasteiger partial charge is 0.407 e. The van der Waals surface area contributed by atoms with Gasteiger partial charge in [-0.1, -0.05) is 48.5 Å². The van der Waals surface area contributed by atoms with Crippen molar-refractivity contribution in [1.82, 2.24) is 10.2 Å². The second-order valence-electron chi connectivity index (χ2n) is 7.28. The zero-order chi connectivity index (χ0) is 20.4. The molecule has 0 spiro atoms. The number of carboxylic acid groups (broad SMARTS) is 1. The van der Waals surface area contributed by atoms with Crippen molar-refractivity contribution in [1.29, 1.82) is 0 Å². The highest BCUT2D eigenvalue weighted by atomic mass is 16.5. The minimum absolute atomic E-state index is 0.0421. The van der Waals surface area contributed by atoms with Gasteiger partial charge in [-0.15, -0.1) is 0 Å². The number of benzene rings is 2. The molecule has 7 heteroatoms. The van der Waals surface area contributed by atoms with Gasteiger partial charge in [0.2, 0.25) is 5.91 Å². The average molecular weight is 394 g/mol. The molecule has 150 valence electrons. The first kappa shape index (κ1) is 19.0. The predicted molar refractivity (Wildman–Crippen MR) is 105 cm³/mol. The molecule has 1 heterocycles. The summed E-state index contributed by atoms with van der Waals surface area (Å²) in [6.45, 7) is 0.765. The number of carbonyl (C=O) groups is 3. The molecule has 2 amide bonds. The van der Waals surface area contributed by atoms with Crippen molar-refractivity contribution in [3.63, 3.8) is 0 Å². The number of rotatable bonds is 6. The zero-order valence-electron chi connectivity index (χ0n) is 15.8. The lowest BCUT2D eigenvalue weighted by Crippen LogP contribution is -2.42. The Labute approximate surface area is 168 Å². The maximum atomic E-state index is 12.3. The van der Waals surface area contributed by atoms with Gasteiger partial charge in [-0.2, -0.15) is 0 Å². The Bertz CT molecular complexity index is 912. The number of ether oxygens (including phenoxy) is 1. The van der Waals surface area contributed by atoms with Gasteiger partial charge in [0, 0.05) is 19.0 Å². The van der Waals surface area contributed by atoms with E-state index in [9.17, 15) is 14.4 Å². The first-order chi connectivity index (χ1) is 14.0. The highest BCUT2D eigenvalue weighted by Crippen LogP contribution is 2.44. The van der Waals surface area contributed by atoms with E-state index in [1.807, 2.05) is 36.4 Å². The number of hydrogen-bond donors (Lipinski definition) is 2. The number of aliphatic carboxylic acids is 1. The van der Waals surface area contributed by atoms with E-state index < -0.39 is 18.1 Å². The van der Waals surface area contributed by atoms with E-state index in [1.54, 1.807) is 0 Å². The summed E-state index contributed by atoms with van der Waals surface area (Å²) in [5, 5.41) is 11.4. The molecule has 0 radical (unpaired) electrons. The molecule has 2 N–H and O–H groups in total. The summed E-state index contributed by atoms with van der Waals surface area (Å²) >= 11 is 0. The van der Waals surface area contributed by atoms with Crippen LogP contribution in [0.3, 0.4) is 0 Å². The van der Waals surface area contributed by atoms with E-state index >= 15 is 0 Å². The Kier molecular flexibility index (Phi) is 5.20. The van der Waals surface area contributed by atoms with Crippen molar-refractivity contribution < 1.29 is 24.2 Å². The minimum Gasteiger partial charge on any atom is -0.481 e. The summed E-state index contributed by atoms with van der Waals surface area (Å²) in [4.78, 5) is 36.7. The number of nitrogens with zero attached hydrogens (tertiary/aromatic N) is 1. The van der Waals surface area contributed by atoms with Crippen molar-refractivity contribution in [3.05, 3.63) is 59.7 Å². The molecule has 1 aliphatic carbocycles. The number of hydrogen-bond acceptors (Lipinski definition) is 4. The lowest BCUT2D eigenvalue weighted by atomic mass is 9.98. The Balaban J connectivity index is 1.36. The second kappa shape index (κ2) is 7.95. The van der Waals surface area contributed by atoms with E-state index in [1.165, 1.54) is 4.90 Å². The third-order valence-corrected chi connectivity index (χ3v) is 5.53. The van der Waals surface area contributed by atoms with Gasteiger partial charge in [0.1, 0.15) is 12.6 Å². The molecule has 2 aliphatic rings. The van der Waals surface area contributed by atoms with Crippen LogP contribution in [0.15, 0.2) is 48.5 Å². The van der Waals surface area contributed by atoms with E-state index in [-0.39, 0.29) is 31.4 Å². The van der Waals surface area contributed by atoms with Gasteiger partial charge in [0.05, 0.1) is 6.42 Å². The van der Waals surface area contributed by atoms with E-state index in [0.29, 0.717) is 13.0 Å². The van der Waals surface area contributed by atoms with Crippen molar-refractivity contribution in [2.24, 2.45) is 0 Å². The lowest BCUT2D eigenvalue weighted by molar-refractivity contribution is -0.138. The number of carboxylic acids is 1. The van der Waals surface area contributed by atoms with Crippen LogP contribution in [0.2, 0.25) is 0 Å². The molecule has 0 saturated carbocycles. The lowest BCUT2D eigenvalue weighted by Gasteiger charge is -2.17. The van der Waals surface area contributed by atoms with Crippen molar-refractivity contribution in [2.75, 3.05) is 19.7 Å². The maximum absolute atomic E-state index is 12.3. The summed E-state index contributed by atoms with van der Waals surface area (Å²) in [7, 11) is 0. The number of carbonyl (C=O) groups excluding carboxylic acids is 2. The van der Waals surface area contributed by atoms with Crippen molar-refractivity contribution in [3.8, 4) is 11.1 Å². The standard InChI is InChI=1S/C22H22N2O5/c25-20(26)10-12-24-11-9-19(21(24)27)23-22(28)29-13-18-16-7-3-1-5-14(16)15-6-2-4-8-17(15)18/h1-8,18-19H,9-13H2,(H,23,28)(H,25,26). The van der Waals surface area contributed by atoms with Gasteiger partial charge in [0.15, 0.2) is 0 Å². The van der Waals surface area contributed by atoms with Crippen LogP contribution >= 0.6 is 0 Å². The minimum atomic E-state index is -0.953. The van der Waals surface area contributed by atoms with Gasteiger partial charge >= 0.3 is 12.1 Å². The van der Waals surface area contributed by atoms with Crippen LogP contribution in [0.4, 0.5) is 4.79 Å². The fourth-order valence-electron chi connectivity index (χ4n) is 4.11. The number of nitrogens with one attached hydrogen (secondary N) is 1. The molecule has 1 saturated heterocycles. The number of alkyl carbamates (subject to hydrolysis) is 1. The summed E-state index contributed by atoms with van der Waals surface area (Å²) < 4.78 is 5.47. The third-order valence-electron chi connectivity index (χ3n) is 5.53. The molecule has 7 nitrogen and oxygen atoms in total. The fourth-order valence-corrected chi connectivity index (χ4v) is 4.11. The van der Waals surface area contributed by atoms with Gasteiger partial charge in [0.25, 0.3) is 0 Å².